The lowest BCUT2D eigenvalue weighted by Crippen LogP contribution is -2.06. The number of anilines is 1. The molecule has 0 aliphatic rings. The number of benzene rings is 1. The molecule has 3 nitrogen and oxygen atoms in total. The number of nitrogen functional groups attached to an aromatic ring is 1. The Balaban J connectivity index is 2.15. The molecular formula is C14H19N3. The minimum atomic E-state index is 0.661. The molecule has 17 heavy (non-hydrogen) atoms. The van der Waals surface area contributed by atoms with Gasteiger partial charge in [0.15, 0.2) is 0 Å². The van der Waals surface area contributed by atoms with Crippen molar-refractivity contribution in [3.63, 3.8) is 0 Å². The van der Waals surface area contributed by atoms with Crippen LogP contribution in [0.2, 0.25) is 0 Å². The third-order valence-electron chi connectivity index (χ3n) is 3.07. The molecule has 0 amide bonds. The van der Waals surface area contributed by atoms with Gasteiger partial charge < -0.3 is 5.73 Å². The molecule has 1 heterocycles. The van der Waals surface area contributed by atoms with Gasteiger partial charge in [-0.25, -0.2) is 0 Å². The summed E-state index contributed by atoms with van der Waals surface area (Å²) in [6.07, 6.45) is 5.18. The SMILES string of the molecule is CCC(C)Cn1cc(-c2ccc(N)cc2)cn1. The standard InChI is InChI=1S/C14H19N3/c1-3-11(2)9-17-10-13(8-16-17)12-4-6-14(15)7-5-12/h4-8,10-11H,3,9,15H2,1-2H3. The fourth-order valence-electron chi connectivity index (χ4n) is 1.74. The van der Waals surface area contributed by atoms with Gasteiger partial charge in [0.1, 0.15) is 0 Å². The molecule has 1 aromatic heterocycles. The van der Waals surface area contributed by atoms with Gasteiger partial charge in [-0.1, -0.05) is 32.4 Å². The second kappa shape index (κ2) is 5.04. The molecule has 3 heteroatoms. The van der Waals surface area contributed by atoms with E-state index in [-0.39, 0.29) is 0 Å². The summed E-state index contributed by atoms with van der Waals surface area (Å²) >= 11 is 0. The van der Waals surface area contributed by atoms with Gasteiger partial charge in [-0.05, 0) is 23.6 Å². The second-order valence-electron chi connectivity index (χ2n) is 4.59. The van der Waals surface area contributed by atoms with Crippen molar-refractivity contribution >= 4 is 5.69 Å². The minimum Gasteiger partial charge on any atom is -0.399 e. The molecule has 1 atom stereocenters. The molecule has 2 aromatic rings. The summed E-state index contributed by atoms with van der Waals surface area (Å²) in [5.74, 6) is 0.661. The van der Waals surface area contributed by atoms with Crippen molar-refractivity contribution in [3.05, 3.63) is 36.7 Å². The predicted octanol–water partition coefficient (Wildman–Crippen LogP) is 3.18. The Bertz CT molecular complexity index is 470. The number of nitrogens with zero attached hydrogens (tertiary/aromatic N) is 2. The van der Waals surface area contributed by atoms with Crippen molar-refractivity contribution in [3.8, 4) is 11.1 Å². The summed E-state index contributed by atoms with van der Waals surface area (Å²) in [7, 11) is 0. The highest BCUT2D eigenvalue weighted by atomic mass is 15.3. The van der Waals surface area contributed by atoms with Gasteiger partial charge in [-0.2, -0.15) is 5.10 Å². The van der Waals surface area contributed by atoms with Crippen molar-refractivity contribution in [2.75, 3.05) is 5.73 Å². The van der Waals surface area contributed by atoms with Crippen molar-refractivity contribution in [2.24, 2.45) is 5.92 Å². The molecule has 0 bridgehead atoms. The molecule has 0 aliphatic carbocycles. The largest absolute Gasteiger partial charge is 0.399 e. The van der Waals surface area contributed by atoms with E-state index in [0.29, 0.717) is 5.92 Å². The van der Waals surface area contributed by atoms with Crippen LogP contribution in [0.1, 0.15) is 20.3 Å². The van der Waals surface area contributed by atoms with E-state index in [0.717, 1.165) is 23.4 Å². The van der Waals surface area contributed by atoms with Crippen molar-refractivity contribution in [2.45, 2.75) is 26.8 Å². The first-order chi connectivity index (χ1) is 8.19. The quantitative estimate of drug-likeness (QED) is 0.818. The maximum absolute atomic E-state index is 5.67. The summed E-state index contributed by atoms with van der Waals surface area (Å²) in [5.41, 5.74) is 8.77. The van der Waals surface area contributed by atoms with Gasteiger partial charge in [0.05, 0.1) is 6.20 Å². The molecule has 0 radical (unpaired) electrons. The van der Waals surface area contributed by atoms with Gasteiger partial charge in [0.2, 0.25) is 0 Å². The van der Waals surface area contributed by atoms with Gasteiger partial charge >= 0.3 is 0 Å². The highest BCUT2D eigenvalue weighted by Crippen LogP contribution is 2.20. The van der Waals surface area contributed by atoms with E-state index in [9.17, 15) is 0 Å². The Kier molecular flexibility index (Phi) is 3.47. The second-order valence-corrected chi connectivity index (χ2v) is 4.59. The van der Waals surface area contributed by atoms with Crippen LogP contribution in [-0.4, -0.2) is 9.78 Å². The van der Waals surface area contributed by atoms with E-state index in [1.54, 1.807) is 0 Å². The molecule has 2 rings (SSSR count). The number of hydrogen-bond acceptors (Lipinski definition) is 2. The first-order valence-electron chi connectivity index (χ1n) is 6.07. The first-order valence-corrected chi connectivity index (χ1v) is 6.07. The van der Waals surface area contributed by atoms with E-state index < -0.39 is 0 Å². The fraction of sp³-hybridized carbons (Fsp3) is 0.357. The number of aromatic nitrogens is 2. The summed E-state index contributed by atoms with van der Waals surface area (Å²) in [5, 5.41) is 4.39. The number of nitrogens with two attached hydrogens (primary N) is 1. The summed E-state index contributed by atoms with van der Waals surface area (Å²) in [4.78, 5) is 0. The van der Waals surface area contributed by atoms with Crippen LogP contribution in [-0.2, 0) is 6.54 Å². The molecule has 0 saturated carbocycles. The molecule has 1 aromatic carbocycles. The summed E-state index contributed by atoms with van der Waals surface area (Å²) in [6.45, 7) is 5.42. The molecule has 0 spiro atoms. The van der Waals surface area contributed by atoms with Crippen LogP contribution in [0, 0.1) is 5.92 Å². The van der Waals surface area contributed by atoms with E-state index in [1.807, 2.05) is 35.1 Å². The Labute approximate surface area is 102 Å². The number of rotatable bonds is 4. The molecule has 2 N–H and O–H groups in total. The lowest BCUT2D eigenvalue weighted by molar-refractivity contribution is 0.439. The van der Waals surface area contributed by atoms with Crippen LogP contribution in [0.15, 0.2) is 36.7 Å². The normalized spacial score (nSPS) is 12.6. The average Bonchev–Trinajstić information content (AvgIpc) is 2.78. The third-order valence-corrected chi connectivity index (χ3v) is 3.07. The third kappa shape index (κ3) is 2.87. The maximum atomic E-state index is 5.67. The van der Waals surface area contributed by atoms with Crippen LogP contribution < -0.4 is 5.73 Å². The Morgan fingerprint density at radius 3 is 2.59 bits per heavy atom. The van der Waals surface area contributed by atoms with Crippen molar-refractivity contribution in [1.82, 2.24) is 9.78 Å². The average molecular weight is 229 g/mol. The topological polar surface area (TPSA) is 43.8 Å². The smallest absolute Gasteiger partial charge is 0.0568 e. The van der Waals surface area contributed by atoms with Crippen LogP contribution in [0.4, 0.5) is 5.69 Å². The van der Waals surface area contributed by atoms with Crippen LogP contribution in [0.25, 0.3) is 11.1 Å². The Hall–Kier alpha value is -1.77. The van der Waals surface area contributed by atoms with E-state index in [1.165, 1.54) is 6.42 Å². The maximum Gasteiger partial charge on any atom is 0.0568 e. The zero-order valence-corrected chi connectivity index (χ0v) is 10.4. The van der Waals surface area contributed by atoms with Crippen LogP contribution in [0.5, 0.6) is 0 Å². The summed E-state index contributed by atoms with van der Waals surface area (Å²) in [6, 6.07) is 7.89. The van der Waals surface area contributed by atoms with E-state index in [4.69, 9.17) is 5.73 Å². The number of hydrogen-bond donors (Lipinski definition) is 1. The van der Waals surface area contributed by atoms with Gasteiger partial charge in [0.25, 0.3) is 0 Å². The minimum absolute atomic E-state index is 0.661. The zero-order chi connectivity index (χ0) is 12.3. The van der Waals surface area contributed by atoms with Crippen LogP contribution in [0.3, 0.4) is 0 Å². The highest BCUT2D eigenvalue weighted by Gasteiger charge is 2.04. The molecule has 0 aliphatic heterocycles. The zero-order valence-electron chi connectivity index (χ0n) is 10.4. The van der Waals surface area contributed by atoms with E-state index >= 15 is 0 Å². The fourth-order valence-corrected chi connectivity index (χ4v) is 1.74. The van der Waals surface area contributed by atoms with Gasteiger partial charge in [0, 0.05) is 24.0 Å². The Morgan fingerprint density at radius 2 is 1.94 bits per heavy atom. The summed E-state index contributed by atoms with van der Waals surface area (Å²) < 4.78 is 2.01. The first kappa shape index (κ1) is 11.7. The highest BCUT2D eigenvalue weighted by molar-refractivity contribution is 5.63. The molecule has 1 unspecified atom stereocenters. The lowest BCUT2D eigenvalue weighted by Gasteiger charge is -2.07. The van der Waals surface area contributed by atoms with E-state index in [2.05, 4.69) is 25.1 Å². The van der Waals surface area contributed by atoms with Crippen molar-refractivity contribution in [1.29, 1.82) is 0 Å². The van der Waals surface area contributed by atoms with Gasteiger partial charge in [-0.15, -0.1) is 0 Å². The van der Waals surface area contributed by atoms with Gasteiger partial charge in [-0.3, -0.25) is 4.68 Å². The monoisotopic (exact) mass is 229 g/mol. The molecule has 90 valence electrons. The lowest BCUT2D eigenvalue weighted by atomic mass is 10.1. The Morgan fingerprint density at radius 1 is 1.24 bits per heavy atom. The van der Waals surface area contributed by atoms with Crippen molar-refractivity contribution < 1.29 is 0 Å². The molecular weight excluding hydrogens is 210 g/mol. The molecule has 0 saturated heterocycles. The van der Waals surface area contributed by atoms with Crippen LogP contribution >= 0.6 is 0 Å². The molecule has 0 fully saturated rings. The predicted molar refractivity (Wildman–Crippen MR) is 71.5 cm³/mol.